The summed E-state index contributed by atoms with van der Waals surface area (Å²) in [6.45, 7) is 0. The topological polar surface area (TPSA) is 68.3 Å². The summed E-state index contributed by atoms with van der Waals surface area (Å²) in [4.78, 5) is 11.7. The molecule has 0 bridgehead atoms. The molecule has 0 aliphatic carbocycles. The third kappa shape index (κ3) is 4.01. The predicted molar refractivity (Wildman–Crippen MR) is 71.5 cm³/mol. The summed E-state index contributed by atoms with van der Waals surface area (Å²) in [6.07, 6.45) is -2.58. The molecule has 0 atom stereocenters. The van der Waals surface area contributed by atoms with Crippen LogP contribution in [0, 0.1) is 0 Å². The van der Waals surface area contributed by atoms with Gasteiger partial charge in [0.1, 0.15) is 5.76 Å². The number of nitrogens with one attached hydrogen (secondary N) is 1. The summed E-state index contributed by atoms with van der Waals surface area (Å²) in [5.74, 6) is 0.239. The molecule has 7 heteroatoms. The van der Waals surface area contributed by atoms with Crippen molar-refractivity contribution < 1.29 is 22.4 Å². The van der Waals surface area contributed by atoms with Crippen LogP contribution in [0.1, 0.15) is 17.7 Å². The summed E-state index contributed by atoms with van der Waals surface area (Å²) < 4.78 is 43.2. The number of nitrogens with two attached hydrogens (primary N) is 1. The third-order valence-electron chi connectivity index (χ3n) is 2.82. The number of alkyl halides is 3. The number of rotatable bonds is 4. The van der Waals surface area contributed by atoms with E-state index >= 15 is 0 Å². The number of halogens is 3. The number of aryl methyl sites for hydroxylation is 1. The first-order valence-electron chi connectivity index (χ1n) is 6.15. The average molecular weight is 298 g/mol. The molecule has 2 rings (SSSR count). The second-order valence-electron chi connectivity index (χ2n) is 4.43. The third-order valence-corrected chi connectivity index (χ3v) is 2.82. The minimum absolute atomic E-state index is 0.0565. The van der Waals surface area contributed by atoms with Gasteiger partial charge in [0.25, 0.3) is 0 Å². The molecule has 0 aliphatic rings. The van der Waals surface area contributed by atoms with Crippen molar-refractivity contribution in [1.82, 2.24) is 0 Å². The molecule has 1 heterocycles. The highest BCUT2D eigenvalue weighted by Gasteiger charge is 2.33. The van der Waals surface area contributed by atoms with E-state index in [1.165, 1.54) is 12.3 Å². The van der Waals surface area contributed by atoms with E-state index in [2.05, 4.69) is 5.32 Å². The lowest BCUT2D eigenvalue weighted by Gasteiger charge is -2.12. The molecule has 112 valence electrons. The summed E-state index contributed by atoms with van der Waals surface area (Å²) >= 11 is 0. The SMILES string of the molecule is Nc1ccc(NC(=O)CCc2ccco2)cc1C(F)(F)F. The minimum Gasteiger partial charge on any atom is -0.469 e. The standard InChI is InChI=1S/C14H13F3N2O2/c15-14(16,17)11-8-9(3-5-12(11)18)19-13(20)6-4-10-2-1-7-21-10/h1-3,5,7-8H,4,6,18H2,(H,19,20). The van der Waals surface area contributed by atoms with Crippen LogP contribution in [0.15, 0.2) is 41.0 Å². The summed E-state index contributed by atoms with van der Waals surface area (Å²) in [5.41, 5.74) is 4.00. The van der Waals surface area contributed by atoms with E-state index in [1.54, 1.807) is 12.1 Å². The Hall–Kier alpha value is -2.44. The van der Waals surface area contributed by atoms with E-state index in [0.29, 0.717) is 12.2 Å². The van der Waals surface area contributed by atoms with Gasteiger partial charge in [-0.2, -0.15) is 13.2 Å². The van der Waals surface area contributed by atoms with E-state index < -0.39 is 17.6 Å². The van der Waals surface area contributed by atoms with E-state index in [1.807, 2.05) is 0 Å². The lowest BCUT2D eigenvalue weighted by Crippen LogP contribution is -2.14. The molecular weight excluding hydrogens is 285 g/mol. The van der Waals surface area contributed by atoms with Crippen molar-refractivity contribution in [2.24, 2.45) is 0 Å². The van der Waals surface area contributed by atoms with Crippen molar-refractivity contribution in [3.63, 3.8) is 0 Å². The maximum atomic E-state index is 12.7. The molecule has 3 N–H and O–H groups in total. The Bertz CT molecular complexity index is 622. The molecule has 0 saturated carbocycles. The number of hydrogen-bond acceptors (Lipinski definition) is 3. The number of amides is 1. The van der Waals surface area contributed by atoms with Crippen molar-refractivity contribution >= 4 is 17.3 Å². The van der Waals surface area contributed by atoms with E-state index in [0.717, 1.165) is 12.1 Å². The molecular formula is C14H13F3N2O2. The number of carbonyl (C=O) groups is 1. The maximum absolute atomic E-state index is 12.7. The quantitative estimate of drug-likeness (QED) is 0.849. The summed E-state index contributed by atoms with van der Waals surface area (Å²) in [5, 5.41) is 2.41. The van der Waals surface area contributed by atoms with Crippen LogP contribution in [0.25, 0.3) is 0 Å². The number of furan rings is 1. The highest BCUT2D eigenvalue weighted by Crippen LogP contribution is 2.35. The molecule has 0 fully saturated rings. The Kier molecular flexibility index (Phi) is 4.21. The average Bonchev–Trinajstić information content (AvgIpc) is 2.90. The van der Waals surface area contributed by atoms with Gasteiger partial charge >= 0.3 is 6.18 Å². The smallest absolute Gasteiger partial charge is 0.418 e. The largest absolute Gasteiger partial charge is 0.469 e. The molecule has 0 unspecified atom stereocenters. The summed E-state index contributed by atoms with van der Waals surface area (Å²) in [7, 11) is 0. The van der Waals surface area contributed by atoms with E-state index in [-0.39, 0.29) is 17.8 Å². The molecule has 1 amide bonds. The van der Waals surface area contributed by atoms with Crippen molar-refractivity contribution in [3.05, 3.63) is 47.9 Å². The Balaban J connectivity index is 2.01. The van der Waals surface area contributed by atoms with Crippen LogP contribution < -0.4 is 11.1 Å². The number of carbonyl (C=O) groups excluding carboxylic acids is 1. The zero-order valence-corrected chi connectivity index (χ0v) is 10.9. The monoisotopic (exact) mass is 298 g/mol. The van der Waals surface area contributed by atoms with Crippen molar-refractivity contribution in [2.75, 3.05) is 11.1 Å². The number of nitrogen functional groups attached to an aromatic ring is 1. The highest BCUT2D eigenvalue weighted by molar-refractivity contribution is 5.91. The lowest BCUT2D eigenvalue weighted by molar-refractivity contribution is -0.136. The van der Waals surface area contributed by atoms with Crippen LogP contribution in [-0.2, 0) is 17.4 Å². The van der Waals surface area contributed by atoms with Gasteiger partial charge in [0.2, 0.25) is 5.91 Å². The molecule has 2 aromatic rings. The molecule has 1 aromatic carbocycles. The lowest BCUT2D eigenvalue weighted by atomic mass is 10.1. The zero-order valence-electron chi connectivity index (χ0n) is 10.9. The van der Waals surface area contributed by atoms with Gasteiger partial charge in [-0.25, -0.2) is 0 Å². The van der Waals surface area contributed by atoms with Crippen molar-refractivity contribution in [3.8, 4) is 0 Å². The van der Waals surface area contributed by atoms with Gasteiger partial charge in [0.15, 0.2) is 0 Å². The van der Waals surface area contributed by atoms with Crippen molar-refractivity contribution in [2.45, 2.75) is 19.0 Å². The predicted octanol–water partition coefficient (Wildman–Crippen LogP) is 3.45. The summed E-state index contributed by atoms with van der Waals surface area (Å²) in [6, 6.07) is 6.68. The fraction of sp³-hybridized carbons (Fsp3) is 0.214. The first-order valence-corrected chi connectivity index (χ1v) is 6.15. The van der Waals surface area contributed by atoms with Gasteiger partial charge < -0.3 is 15.5 Å². The van der Waals surface area contributed by atoms with Crippen LogP contribution in [0.2, 0.25) is 0 Å². The van der Waals surface area contributed by atoms with Crippen LogP contribution in [-0.4, -0.2) is 5.91 Å². The van der Waals surface area contributed by atoms with Crippen LogP contribution in [0.3, 0.4) is 0 Å². The van der Waals surface area contributed by atoms with Crippen LogP contribution in [0.4, 0.5) is 24.5 Å². The minimum atomic E-state index is -4.56. The van der Waals surface area contributed by atoms with Gasteiger partial charge in [-0.15, -0.1) is 0 Å². The second kappa shape index (κ2) is 5.90. The Morgan fingerprint density at radius 3 is 2.67 bits per heavy atom. The molecule has 4 nitrogen and oxygen atoms in total. The number of anilines is 2. The van der Waals surface area contributed by atoms with Crippen LogP contribution in [0.5, 0.6) is 0 Å². The van der Waals surface area contributed by atoms with E-state index in [4.69, 9.17) is 10.2 Å². The van der Waals surface area contributed by atoms with Crippen LogP contribution >= 0.6 is 0 Å². The van der Waals surface area contributed by atoms with Gasteiger partial charge in [-0.3, -0.25) is 4.79 Å². The Morgan fingerprint density at radius 2 is 2.05 bits per heavy atom. The zero-order chi connectivity index (χ0) is 15.5. The Labute approximate surface area is 118 Å². The number of benzene rings is 1. The van der Waals surface area contributed by atoms with Gasteiger partial charge in [0, 0.05) is 24.2 Å². The molecule has 0 saturated heterocycles. The van der Waals surface area contributed by atoms with Gasteiger partial charge in [-0.05, 0) is 30.3 Å². The fourth-order valence-corrected chi connectivity index (χ4v) is 1.79. The van der Waals surface area contributed by atoms with Gasteiger partial charge in [-0.1, -0.05) is 0 Å². The Morgan fingerprint density at radius 1 is 1.29 bits per heavy atom. The first kappa shape index (κ1) is 15.0. The first-order chi connectivity index (χ1) is 9.86. The normalized spacial score (nSPS) is 11.4. The molecule has 0 spiro atoms. The van der Waals surface area contributed by atoms with Gasteiger partial charge in [0.05, 0.1) is 11.8 Å². The highest BCUT2D eigenvalue weighted by atomic mass is 19.4. The maximum Gasteiger partial charge on any atom is 0.418 e. The van der Waals surface area contributed by atoms with E-state index in [9.17, 15) is 18.0 Å². The van der Waals surface area contributed by atoms with Crippen molar-refractivity contribution in [1.29, 1.82) is 0 Å². The molecule has 0 radical (unpaired) electrons. The molecule has 21 heavy (non-hydrogen) atoms. The molecule has 0 aliphatic heterocycles. The number of hydrogen-bond donors (Lipinski definition) is 2. The second-order valence-corrected chi connectivity index (χ2v) is 4.43. The molecule has 1 aromatic heterocycles. The fourth-order valence-electron chi connectivity index (χ4n) is 1.79.